The number of hydrogen-bond donors (Lipinski definition) is 1. The summed E-state index contributed by atoms with van der Waals surface area (Å²) >= 11 is 0. The number of ether oxygens (including phenoxy) is 1. The van der Waals surface area contributed by atoms with Gasteiger partial charge in [-0.1, -0.05) is 44.1 Å². The number of rotatable bonds is 14. The van der Waals surface area contributed by atoms with Gasteiger partial charge in [0.05, 0.1) is 0 Å². The van der Waals surface area contributed by atoms with Crippen molar-refractivity contribution in [3.8, 4) is 0 Å². The van der Waals surface area contributed by atoms with Gasteiger partial charge < -0.3 is 9.84 Å². The van der Waals surface area contributed by atoms with Crippen LogP contribution in [0.15, 0.2) is 24.3 Å². The van der Waals surface area contributed by atoms with E-state index in [0.717, 1.165) is 51.7 Å². The molecule has 2 nitrogen and oxygen atoms in total. The molecule has 0 atom stereocenters. The molecule has 0 bridgehead atoms. The predicted molar refractivity (Wildman–Crippen MR) is 83.4 cm³/mol. The van der Waals surface area contributed by atoms with Crippen LogP contribution in [-0.2, 0) is 4.74 Å². The van der Waals surface area contributed by atoms with Crippen molar-refractivity contribution in [3.63, 3.8) is 0 Å². The van der Waals surface area contributed by atoms with Crippen molar-refractivity contribution in [2.75, 3.05) is 19.8 Å². The molecule has 0 aromatic rings. The summed E-state index contributed by atoms with van der Waals surface area (Å²) < 4.78 is 5.55. The molecule has 0 aromatic heterocycles. The van der Waals surface area contributed by atoms with Crippen molar-refractivity contribution in [2.45, 2.75) is 64.7 Å². The lowest BCUT2D eigenvalue weighted by Crippen LogP contribution is -1.96. The molecule has 0 spiro atoms. The predicted octanol–water partition coefficient (Wildman–Crippen LogP) is 4.64. The Morgan fingerprint density at radius 1 is 0.737 bits per heavy atom. The molecule has 0 rings (SSSR count). The van der Waals surface area contributed by atoms with Crippen LogP contribution < -0.4 is 0 Å². The highest BCUT2D eigenvalue weighted by molar-refractivity contribution is 4.87. The Kier molecular flexibility index (Phi) is 16.9. The Bertz CT molecular complexity index is 209. The minimum atomic E-state index is 0.296. The molecule has 0 aromatic carbocycles. The van der Waals surface area contributed by atoms with E-state index in [4.69, 9.17) is 9.84 Å². The number of hydrogen-bond acceptors (Lipinski definition) is 2. The molecule has 1 N–H and O–H groups in total. The van der Waals surface area contributed by atoms with Crippen LogP contribution in [0.2, 0.25) is 0 Å². The van der Waals surface area contributed by atoms with E-state index in [0.29, 0.717) is 6.61 Å². The van der Waals surface area contributed by atoms with Crippen LogP contribution in [0.3, 0.4) is 0 Å². The molecule has 0 unspecified atom stereocenters. The van der Waals surface area contributed by atoms with E-state index in [1.807, 2.05) is 0 Å². The average Bonchev–Trinajstić information content (AvgIpc) is 2.43. The van der Waals surface area contributed by atoms with Gasteiger partial charge >= 0.3 is 0 Å². The highest BCUT2D eigenvalue weighted by atomic mass is 16.5. The highest BCUT2D eigenvalue weighted by Gasteiger charge is 1.88. The van der Waals surface area contributed by atoms with Crippen molar-refractivity contribution in [1.82, 2.24) is 0 Å². The first-order chi connectivity index (χ1) is 9.41. The topological polar surface area (TPSA) is 29.5 Å². The third-order valence-electron chi connectivity index (χ3n) is 2.91. The smallest absolute Gasteiger partial charge is 0.0468 e. The largest absolute Gasteiger partial charge is 0.396 e. The van der Waals surface area contributed by atoms with E-state index >= 15 is 0 Å². The quantitative estimate of drug-likeness (QED) is 0.367. The maximum atomic E-state index is 8.61. The second-order valence-corrected chi connectivity index (χ2v) is 4.85. The Morgan fingerprint density at radius 3 is 1.95 bits per heavy atom. The fraction of sp³-hybridized carbons (Fsp3) is 0.765. The lowest BCUT2D eigenvalue weighted by Gasteiger charge is -2.01. The summed E-state index contributed by atoms with van der Waals surface area (Å²) in [6, 6.07) is 0. The zero-order chi connectivity index (χ0) is 14.0. The number of unbranched alkanes of at least 4 members (excludes halogenated alkanes) is 5. The minimum Gasteiger partial charge on any atom is -0.396 e. The number of allylic oxidation sites excluding steroid dienone is 4. The lowest BCUT2D eigenvalue weighted by atomic mass is 10.2. The standard InChI is InChI=1S/C17H32O2/c1-2-3-13-16-19-17-14-11-9-7-5-4-6-8-10-12-15-18/h6-9,18H,2-5,10-17H2,1H3. The Balaban J connectivity index is 3.11. The zero-order valence-corrected chi connectivity index (χ0v) is 12.7. The average molecular weight is 268 g/mol. The van der Waals surface area contributed by atoms with Gasteiger partial charge in [-0.05, 0) is 44.9 Å². The third-order valence-corrected chi connectivity index (χ3v) is 2.91. The van der Waals surface area contributed by atoms with Crippen molar-refractivity contribution < 1.29 is 9.84 Å². The molecule has 0 aliphatic carbocycles. The number of aliphatic hydroxyl groups is 1. The fourth-order valence-corrected chi connectivity index (χ4v) is 1.73. The first-order valence-electron chi connectivity index (χ1n) is 7.90. The molecular weight excluding hydrogens is 236 g/mol. The molecule has 2 heteroatoms. The van der Waals surface area contributed by atoms with Gasteiger partial charge in [0.25, 0.3) is 0 Å². The molecule has 0 aliphatic rings. The van der Waals surface area contributed by atoms with Gasteiger partial charge in [-0.3, -0.25) is 0 Å². The molecule has 0 saturated carbocycles. The van der Waals surface area contributed by atoms with Gasteiger partial charge in [0, 0.05) is 19.8 Å². The van der Waals surface area contributed by atoms with Gasteiger partial charge in [0.1, 0.15) is 0 Å². The van der Waals surface area contributed by atoms with E-state index in [9.17, 15) is 0 Å². The first kappa shape index (κ1) is 18.4. The summed E-state index contributed by atoms with van der Waals surface area (Å²) in [4.78, 5) is 0. The number of aliphatic hydroxyl groups excluding tert-OH is 1. The summed E-state index contributed by atoms with van der Waals surface area (Å²) in [7, 11) is 0. The van der Waals surface area contributed by atoms with E-state index in [2.05, 4.69) is 31.2 Å². The molecule has 0 aliphatic heterocycles. The third kappa shape index (κ3) is 17.4. The van der Waals surface area contributed by atoms with Crippen LogP contribution in [0, 0.1) is 0 Å². The van der Waals surface area contributed by atoms with Crippen molar-refractivity contribution >= 4 is 0 Å². The molecule has 112 valence electrons. The Labute approximate surface area is 119 Å². The van der Waals surface area contributed by atoms with Gasteiger partial charge in [-0.25, -0.2) is 0 Å². The van der Waals surface area contributed by atoms with Crippen LogP contribution in [0.1, 0.15) is 64.7 Å². The second-order valence-electron chi connectivity index (χ2n) is 4.85. The highest BCUT2D eigenvalue weighted by Crippen LogP contribution is 2.00. The molecular formula is C17H32O2. The maximum Gasteiger partial charge on any atom is 0.0468 e. The maximum absolute atomic E-state index is 8.61. The normalized spacial score (nSPS) is 11.9. The van der Waals surface area contributed by atoms with Crippen molar-refractivity contribution in [1.29, 1.82) is 0 Å². The molecule has 0 amide bonds. The molecule has 19 heavy (non-hydrogen) atoms. The molecule has 0 fully saturated rings. The summed E-state index contributed by atoms with van der Waals surface area (Å²) in [5, 5.41) is 8.61. The van der Waals surface area contributed by atoms with Gasteiger partial charge in [0.2, 0.25) is 0 Å². The van der Waals surface area contributed by atoms with Crippen LogP contribution in [0.25, 0.3) is 0 Å². The van der Waals surface area contributed by atoms with Gasteiger partial charge in [-0.15, -0.1) is 0 Å². The fourth-order valence-electron chi connectivity index (χ4n) is 1.73. The van der Waals surface area contributed by atoms with Crippen LogP contribution in [0.4, 0.5) is 0 Å². The van der Waals surface area contributed by atoms with E-state index in [1.54, 1.807) is 0 Å². The summed E-state index contributed by atoms with van der Waals surface area (Å²) in [6.45, 7) is 4.34. The SMILES string of the molecule is CCCCCOCCCC=CCCC=CCCCO. The molecule has 0 saturated heterocycles. The van der Waals surface area contributed by atoms with Crippen LogP contribution >= 0.6 is 0 Å². The first-order valence-corrected chi connectivity index (χ1v) is 7.90. The Morgan fingerprint density at radius 2 is 1.32 bits per heavy atom. The van der Waals surface area contributed by atoms with Crippen LogP contribution in [0.5, 0.6) is 0 Å². The van der Waals surface area contributed by atoms with Crippen LogP contribution in [-0.4, -0.2) is 24.9 Å². The zero-order valence-electron chi connectivity index (χ0n) is 12.7. The second kappa shape index (κ2) is 17.4. The Hall–Kier alpha value is -0.600. The molecule has 0 radical (unpaired) electrons. The van der Waals surface area contributed by atoms with Gasteiger partial charge in [-0.2, -0.15) is 0 Å². The minimum absolute atomic E-state index is 0.296. The van der Waals surface area contributed by atoms with E-state index in [1.165, 1.54) is 19.3 Å². The van der Waals surface area contributed by atoms with E-state index in [-0.39, 0.29) is 0 Å². The summed E-state index contributed by atoms with van der Waals surface area (Å²) in [5.74, 6) is 0. The molecule has 0 heterocycles. The monoisotopic (exact) mass is 268 g/mol. The summed E-state index contributed by atoms with van der Waals surface area (Å²) in [5.41, 5.74) is 0. The van der Waals surface area contributed by atoms with E-state index < -0.39 is 0 Å². The van der Waals surface area contributed by atoms with Crippen molar-refractivity contribution in [2.24, 2.45) is 0 Å². The van der Waals surface area contributed by atoms with Crippen molar-refractivity contribution in [3.05, 3.63) is 24.3 Å². The summed E-state index contributed by atoms with van der Waals surface area (Å²) in [6.07, 6.45) is 19.0. The lowest BCUT2D eigenvalue weighted by molar-refractivity contribution is 0.128. The van der Waals surface area contributed by atoms with Gasteiger partial charge in [0.15, 0.2) is 0 Å².